The van der Waals surface area contributed by atoms with E-state index < -0.39 is 11.8 Å². The maximum absolute atomic E-state index is 13.3. The van der Waals surface area contributed by atoms with Gasteiger partial charge in [0.2, 0.25) is 0 Å². The molecule has 2 aromatic carbocycles. The van der Waals surface area contributed by atoms with Crippen LogP contribution < -0.4 is 15.1 Å². The molecule has 5 nitrogen and oxygen atoms in total. The number of halogens is 1. The van der Waals surface area contributed by atoms with Crippen LogP contribution in [0.3, 0.4) is 0 Å². The third kappa shape index (κ3) is 4.36. The van der Waals surface area contributed by atoms with Crippen LogP contribution in [0.15, 0.2) is 52.5 Å². The van der Waals surface area contributed by atoms with Crippen LogP contribution in [0.1, 0.15) is 58.1 Å². The van der Waals surface area contributed by atoms with Crippen LogP contribution in [0.4, 0.5) is 11.4 Å². The van der Waals surface area contributed by atoms with Crippen molar-refractivity contribution in [1.82, 2.24) is 5.32 Å². The lowest BCUT2D eigenvalue weighted by Gasteiger charge is -2.50. The Morgan fingerprint density at radius 1 is 1.15 bits per heavy atom. The number of nitrogens with zero attached hydrogens (tertiary/aromatic N) is 2. The predicted octanol–water partition coefficient (Wildman–Crippen LogP) is 5.78. The van der Waals surface area contributed by atoms with Gasteiger partial charge in [-0.3, -0.25) is 19.8 Å². The maximum atomic E-state index is 13.3. The average Bonchev–Trinajstić information content (AvgIpc) is 2.71. The number of fused-ring (bicyclic) bond motifs is 1. The fourth-order valence-electron chi connectivity index (χ4n) is 5.19. The summed E-state index contributed by atoms with van der Waals surface area (Å²) in [5.41, 5.74) is 4.00. The fraction of sp³-hybridized carbons (Fsp3) is 0.346. The summed E-state index contributed by atoms with van der Waals surface area (Å²) >= 11 is 8.70. The average molecular weight is 527 g/mol. The number of amides is 2. The van der Waals surface area contributed by atoms with Crippen LogP contribution in [-0.4, -0.2) is 28.5 Å². The summed E-state index contributed by atoms with van der Waals surface area (Å²) in [6, 6.07) is 13.8. The minimum atomic E-state index is -0.478. The lowest BCUT2D eigenvalue weighted by atomic mass is 9.78. The molecule has 0 bridgehead atoms. The second-order valence-electron chi connectivity index (χ2n) is 9.63. The molecular weight excluding hydrogens is 498 g/mol. The molecule has 2 amide bonds. The first kappa shape index (κ1) is 23.6. The Morgan fingerprint density at radius 3 is 2.45 bits per heavy atom. The molecule has 1 fully saturated rings. The van der Waals surface area contributed by atoms with Gasteiger partial charge in [0, 0.05) is 21.7 Å². The highest BCUT2D eigenvalue weighted by atomic mass is 79.9. The molecule has 33 heavy (non-hydrogen) atoms. The molecule has 1 unspecified atom stereocenters. The Kier molecular flexibility index (Phi) is 6.22. The van der Waals surface area contributed by atoms with E-state index in [-0.39, 0.29) is 16.2 Å². The Labute approximate surface area is 209 Å². The second kappa shape index (κ2) is 8.69. The normalized spacial score (nSPS) is 21.5. The number of benzene rings is 2. The third-order valence-corrected chi connectivity index (χ3v) is 7.13. The molecule has 0 spiro atoms. The van der Waals surface area contributed by atoms with Crippen LogP contribution in [0.5, 0.6) is 0 Å². The van der Waals surface area contributed by atoms with Crippen molar-refractivity contribution in [2.75, 3.05) is 9.80 Å². The smallest absolute Gasteiger partial charge is 0.270 e. The molecule has 0 aromatic heterocycles. The Morgan fingerprint density at radius 2 is 1.82 bits per heavy atom. The van der Waals surface area contributed by atoms with Gasteiger partial charge >= 0.3 is 0 Å². The van der Waals surface area contributed by atoms with E-state index in [2.05, 4.69) is 72.9 Å². The monoisotopic (exact) mass is 525 g/mol. The lowest BCUT2D eigenvalue weighted by Crippen LogP contribution is -2.54. The summed E-state index contributed by atoms with van der Waals surface area (Å²) in [5.74, 6) is -0.540. The van der Waals surface area contributed by atoms with Crippen molar-refractivity contribution in [2.24, 2.45) is 0 Å². The molecule has 7 heteroatoms. The molecule has 0 radical (unpaired) electrons. The van der Waals surface area contributed by atoms with Crippen molar-refractivity contribution in [2.45, 2.75) is 58.5 Å². The first-order valence-electron chi connectivity index (χ1n) is 11.1. The lowest BCUT2D eigenvalue weighted by molar-refractivity contribution is -0.122. The van der Waals surface area contributed by atoms with Crippen molar-refractivity contribution < 1.29 is 9.59 Å². The number of anilines is 2. The Hall–Kier alpha value is -2.51. The van der Waals surface area contributed by atoms with Crippen molar-refractivity contribution in [3.8, 4) is 0 Å². The van der Waals surface area contributed by atoms with Crippen LogP contribution in [0.2, 0.25) is 0 Å². The molecule has 1 saturated heterocycles. The van der Waals surface area contributed by atoms with Crippen LogP contribution in [0.25, 0.3) is 6.08 Å². The zero-order chi connectivity index (χ0) is 24.1. The van der Waals surface area contributed by atoms with Gasteiger partial charge in [-0.15, -0.1) is 0 Å². The number of nitrogens with one attached hydrogen (secondary N) is 1. The van der Waals surface area contributed by atoms with Gasteiger partial charge in [-0.05, 0) is 106 Å². The quantitative estimate of drug-likeness (QED) is 0.313. The number of carbonyl (C=O) groups is 2. The number of thiocarbonyl (C=S) groups is 1. The molecule has 0 saturated carbocycles. The highest BCUT2D eigenvalue weighted by molar-refractivity contribution is 9.10. The van der Waals surface area contributed by atoms with E-state index in [0.29, 0.717) is 17.6 Å². The summed E-state index contributed by atoms with van der Waals surface area (Å²) in [6.45, 7) is 11.2. The van der Waals surface area contributed by atoms with E-state index in [1.807, 2.05) is 18.2 Å². The van der Waals surface area contributed by atoms with Gasteiger partial charge in [-0.25, -0.2) is 0 Å². The van der Waals surface area contributed by atoms with Gasteiger partial charge < -0.3 is 4.90 Å². The predicted molar refractivity (Wildman–Crippen MR) is 142 cm³/mol. The molecular formula is C26H28BrN3O2S. The molecule has 1 atom stereocenters. The molecule has 4 rings (SSSR count). The highest BCUT2D eigenvalue weighted by Crippen LogP contribution is 2.44. The summed E-state index contributed by atoms with van der Waals surface area (Å²) in [6.07, 6.45) is 2.70. The van der Waals surface area contributed by atoms with Crippen LogP contribution in [0, 0.1) is 0 Å². The maximum Gasteiger partial charge on any atom is 0.270 e. The van der Waals surface area contributed by atoms with Gasteiger partial charge in [0.15, 0.2) is 5.11 Å². The number of hydrogen-bond acceptors (Lipinski definition) is 4. The van der Waals surface area contributed by atoms with E-state index in [4.69, 9.17) is 12.2 Å². The zero-order valence-corrected chi connectivity index (χ0v) is 21.9. The molecule has 0 aliphatic carbocycles. The summed E-state index contributed by atoms with van der Waals surface area (Å²) in [5, 5.41) is 2.74. The van der Waals surface area contributed by atoms with Gasteiger partial charge in [0.25, 0.3) is 11.8 Å². The third-order valence-electron chi connectivity index (χ3n) is 6.31. The minimum Gasteiger partial charge on any atom is -0.364 e. The Bertz CT molecular complexity index is 1170. The standard InChI is InChI=1S/C26H28BrN3O2S/c1-15(2)30-22-11-6-17(12-20(22)16(3)14-26(30,4)5)13-21-23(31)28-25(33)29(24(21)32)19-9-7-18(27)8-10-19/h6-13,15-16H,14H2,1-5H3,(H,28,31,33)/b21-13+. The summed E-state index contributed by atoms with van der Waals surface area (Å²) < 4.78 is 0.892. The van der Waals surface area contributed by atoms with Crippen molar-refractivity contribution >= 4 is 62.5 Å². The largest absolute Gasteiger partial charge is 0.364 e. The molecule has 172 valence electrons. The first-order valence-corrected chi connectivity index (χ1v) is 12.3. The van der Waals surface area contributed by atoms with E-state index in [9.17, 15) is 9.59 Å². The molecule has 2 heterocycles. The number of rotatable bonds is 3. The molecule has 2 aliphatic rings. The van der Waals surface area contributed by atoms with Crippen LogP contribution >= 0.6 is 28.1 Å². The fourth-order valence-corrected chi connectivity index (χ4v) is 5.73. The van der Waals surface area contributed by atoms with E-state index in [0.717, 1.165) is 16.5 Å². The van der Waals surface area contributed by atoms with Crippen LogP contribution in [-0.2, 0) is 9.59 Å². The first-order chi connectivity index (χ1) is 15.5. The summed E-state index contributed by atoms with van der Waals surface area (Å²) in [7, 11) is 0. The molecule has 2 aliphatic heterocycles. The number of hydrogen-bond donors (Lipinski definition) is 1. The highest BCUT2D eigenvalue weighted by Gasteiger charge is 2.38. The van der Waals surface area contributed by atoms with Gasteiger partial charge in [-0.2, -0.15) is 0 Å². The van der Waals surface area contributed by atoms with Crippen molar-refractivity contribution in [3.63, 3.8) is 0 Å². The van der Waals surface area contributed by atoms with Gasteiger partial charge in [0.1, 0.15) is 5.57 Å². The van der Waals surface area contributed by atoms with Crippen molar-refractivity contribution in [1.29, 1.82) is 0 Å². The van der Waals surface area contributed by atoms with Gasteiger partial charge in [0.05, 0.1) is 5.69 Å². The topological polar surface area (TPSA) is 52.7 Å². The molecule has 1 N–H and O–H groups in total. The summed E-state index contributed by atoms with van der Waals surface area (Å²) in [4.78, 5) is 29.8. The SMILES string of the molecule is CC1CC(C)(C)N(C(C)C)c2ccc(/C=C3\C(=O)NC(=S)N(c4ccc(Br)cc4)C3=O)cc21. The second-order valence-corrected chi connectivity index (χ2v) is 10.9. The Balaban J connectivity index is 1.73. The number of carbonyl (C=O) groups excluding carboxylic acids is 2. The van der Waals surface area contributed by atoms with E-state index >= 15 is 0 Å². The molecule has 2 aromatic rings. The zero-order valence-electron chi connectivity index (χ0n) is 19.5. The van der Waals surface area contributed by atoms with E-state index in [1.165, 1.54) is 16.2 Å². The van der Waals surface area contributed by atoms with E-state index in [1.54, 1.807) is 18.2 Å². The van der Waals surface area contributed by atoms with Crippen molar-refractivity contribution in [3.05, 3.63) is 63.6 Å². The minimum absolute atomic E-state index is 0.0562. The van der Waals surface area contributed by atoms with Gasteiger partial charge in [-0.1, -0.05) is 28.9 Å².